The Morgan fingerprint density at radius 1 is 1.67 bits per heavy atom. The fraction of sp³-hybridized carbons (Fsp3) is 0.667. The summed E-state index contributed by atoms with van der Waals surface area (Å²) in [6, 6.07) is 0. The van der Waals surface area contributed by atoms with Gasteiger partial charge < -0.3 is 4.55 Å². The van der Waals surface area contributed by atoms with Crippen molar-refractivity contribution >= 4 is 11.1 Å². The molecule has 0 bridgehead atoms. The average Bonchev–Trinajstić information content (AvgIpc) is 1.65. The zero-order valence-corrected chi connectivity index (χ0v) is 6.79. The first kappa shape index (κ1) is 8.85. The van der Waals surface area contributed by atoms with Gasteiger partial charge in [0.1, 0.15) is 0 Å². The molecule has 0 heterocycles. The van der Waals surface area contributed by atoms with E-state index in [1.807, 2.05) is 0 Å². The van der Waals surface area contributed by atoms with Gasteiger partial charge in [-0.15, -0.1) is 0 Å². The Morgan fingerprint density at radius 2 is 2.00 bits per heavy atom. The van der Waals surface area contributed by atoms with Crippen molar-refractivity contribution in [1.29, 1.82) is 0 Å². The summed E-state index contributed by atoms with van der Waals surface area (Å²) in [5.41, 5.74) is 0.725. The molecule has 0 aromatic carbocycles. The van der Waals surface area contributed by atoms with Crippen molar-refractivity contribution in [3.63, 3.8) is 0 Å². The van der Waals surface area contributed by atoms with Gasteiger partial charge in [-0.2, -0.15) is 0 Å². The third kappa shape index (κ3) is 1.91. The maximum Gasteiger partial charge on any atom is 0.162 e. The van der Waals surface area contributed by atoms with E-state index in [9.17, 15) is 4.21 Å². The molecule has 1 N–H and O–H groups in total. The summed E-state index contributed by atoms with van der Waals surface area (Å²) in [6.07, 6.45) is 0. The largest absolute Gasteiger partial charge is 0.305 e. The van der Waals surface area contributed by atoms with Gasteiger partial charge in [-0.05, 0) is 20.8 Å². The van der Waals surface area contributed by atoms with E-state index in [4.69, 9.17) is 4.55 Å². The third-order valence-electron chi connectivity index (χ3n) is 1.46. The molecule has 0 rings (SSSR count). The predicted octanol–water partition coefficient (Wildman–Crippen LogP) is 1.56. The predicted molar refractivity (Wildman–Crippen MR) is 39.7 cm³/mol. The van der Waals surface area contributed by atoms with Gasteiger partial charge in [0.25, 0.3) is 0 Å². The number of hydrogen-bond donors (Lipinski definition) is 1. The standard InChI is InChI=1S/C6H12O2S/c1-5(2)6(3,4)9(7)8/h1H2,2-4H3,(H,7,8). The topological polar surface area (TPSA) is 37.3 Å². The van der Waals surface area contributed by atoms with Crippen LogP contribution in [0.3, 0.4) is 0 Å². The van der Waals surface area contributed by atoms with Crippen LogP contribution in [0.15, 0.2) is 12.2 Å². The molecule has 3 heteroatoms. The first-order chi connectivity index (χ1) is 3.89. The molecule has 0 aliphatic rings. The molecule has 0 radical (unpaired) electrons. The van der Waals surface area contributed by atoms with Gasteiger partial charge in [0, 0.05) is 0 Å². The Bertz CT molecular complexity index is 133. The molecule has 9 heavy (non-hydrogen) atoms. The van der Waals surface area contributed by atoms with Crippen molar-refractivity contribution in [3.8, 4) is 0 Å². The molecule has 0 aliphatic carbocycles. The van der Waals surface area contributed by atoms with Crippen LogP contribution in [0.2, 0.25) is 0 Å². The van der Waals surface area contributed by atoms with E-state index in [-0.39, 0.29) is 0 Å². The molecule has 0 saturated heterocycles. The second-order valence-electron chi connectivity index (χ2n) is 2.54. The van der Waals surface area contributed by atoms with Crippen molar-refractivity contribution in [2.75, 3.05) is 0 Å². The molecule has 0 aromatic rings. The molecule has 0 aliphatic heterocycles. The average molecular weight is 148 g/mol. The normalized spacial score (nSPS) is 15.1. The summed E-state index contributed by atoms with van der Waals surface area (Å²) < 4.78 is 18.5. The van der Waals surface area contributed by atoms with Crippen LogP contribution in [0.5, 0.6) is 0 Å². The lowest BCUT2D eigenvalue weighted by molar-refractivity contribution is 0.534. The van der Waals surface area contributed by atoms with Crippen LogP contribution in [-0.2, 0) is 11.1 Å². The van der Waals surface area contributed by atoms with Crippen molar-refractivity contribution in [2.24, 2.45) is 0 Å². The summed E-state index contributed by atoms with van der Waals surface area (Å²) in [5.74, 6) is 0. The second-order valence-corrected chi connectivity index (χ2v) is 4.06. The first-order valence-electron chi connectivity index (χ1n) is 2.66. The van der Waals surface area contributed by atoms with Gasteiger partial charge in [-0.25, -0.2) is 4.21 Å². The molecule has 0 spiro atoms. The van der Waals surface area contributed by atoms with E-state index in [1.165, 1.54) is 0 Å². The minimum atomic E-state index is -1.81. The van der Waals surface area contributed by atoms with Crippen LogP contribution in [0.4, 0.5) is 0 Å². The van der Waals surface area contributed by atoms with Crippen molar-refractivity contribution in [1.82, 2.24) is 0 Å². The molecule has 0 amide bonds. The summed E-state index contributed by atoms with van der Waals surface area (Å²) in [7, 11) is 0. The van der Waals surface area contributed by atoms with Crippen LogP contribution >= 0.6 is 0 Å². The maximum absolute atomic E-state index is 10.5. The maximum atomic E-state index is 10.5. The third-order valence-corrected chi connectivity index (χ3v) is 2.69. The van der Waals surface area contributed by atoms with E-state index >= 15 is 0 Å². The molecule has 1 unspecified atom stereocenters. The van der Waals surface area contributed by atoms with Crippen molar-refractivity contribution < 1.29 is 8.76 Å². The van der Waals surface area contributed by atoms with Crippen LogP contribution in [0, 0.1) is 0 Å². The molecule has 0 saturated carbocycles. The summed E-state index contributed by atoms with van der Waals surface area (Å²) >= 11 is -1.81. The van der Waals surface area contributed by atoms with Gasteiger partial charge in [-0.3, -0.25) is 0 Å². The van der Waals surface area contributed by atoms with E-state index in [2.05, 4.69) is 6.58 Å². The van der Waals surface area contributed by atoms with Crippen LogP contribution in [-0.4, -0.2) is 13.5 Å². The van der Waals surface area contributed by atoms with Gasteiger partial charge >= 0.3 is 0 Å². The van der Waals surface area contributed by atoms with Gasteiger partial charge in [-0.1, -0.05) is 12.2 Å². The summed E-state index contributed by atoms with van der Waals surface area (Å²) in [6.45, 7) is 8.71. The Hall–Kier alpha value is -0.150. The Balaban J connectivity index is 4.38. The highest BCUT2D eigenvalue weighted by Crippen LogP contribution is 2.19. The van der Waals surface area contributed by atoms with Crippen LogP contribution in [0.25, 0.3) is 0 Å². The number of hydrogen-bond acceptors (Lipinski definition) is 1. The minimum absolute atomic E-state index is 0.667. The molecule has 1 atom stereocenters. The van der Waals surface area contributed by atoms with E-state index < -0.39 is 15.8 Å². The van der Waals surface area contributed by atoms with Gasteiger partial charge in [0.15, 0.2) is 11.1 Å². The smallest absolute Gasteiger partial charge is 0.162 e. The molecular weight excluding hydrogens is 136 g/mol. The number of rotatable bonds is 2. The summed E-state index contributed by atoms with van der Waals surface area (Å²) in [4.78, 5) is 0. The van der Waals surface area contributed by atoms with Gasteiger partial charge in [0.2, 0.25) is 0 Å². The van der Waals surface area contributed by atoms with E-state index in [1.54, 1.807) is 20.8 Å². The monoisotopic (exact) mass is 148 g/mol. The lowest BCUT2D eigenvalue weighted by Gasteiger charge is -2.19. The van der Waals surface area contributed by atoms with E-state index in [0.717, 1.165) is 5.57 Å². The molecule has 0 fully saturated rings. The van der Waals surface area contributed by atoms with Crippen molar-refractivity contribution in [3.05, 3.63) is 12.2 Å². The Labute approximate surface area is 58.3 Å². The Morgan fingerprint density at radius 3 is 2.00 bits per heavy atom. The van der Waals surface area contributed by atoms with Crippen LogP contribution in [0.1, 0.15) is 20.8 Å². The van der Waals surface area contributed by atoms with E-state index in [0.29, 0.717) is 0 Å². The highest BCUT2D eigenvalue weighted by atomic mass is 32.2. The highest BCUT2D eigenvalue weighted by molar-refractivity contribution is 7.80. The van der Waals surface area contributed by atoms with Crippen LogP contribution < -0.4 is 0 Å². The highest BCUT2D eigenvalue weighted by Gasteiger charge is 2.25. The fourth-order valence-corrected chi connectivity index (χ4v) is 0.447. The molecule has 2 nitrogen and oxygen atoms in total. The summed E-state index contributed by atoms with van der Waals surface area (Å²) in [5, 5.41) is 0. The fourth-order valence-electron chi connectivity index (χ4n) is 0.149. The minimum Gasteiger partial charge on any atom is -0.305 e. The lowest BCUT2D eigenvalue weighted by Crippen LogP contribution is -2.26. The molecule has 54 valence electrons. The van der Waals surface area contributed by atoms with Crippen molar-refractivity contribution in [2.45, 2.75) is 25.5 Å². The Kier molecular flexibility index (Phi) is 2.58. The lowest BCUT2D eigenvalue weighted by atomic mass is 10.1. The molecule has 0 aromatic heterocycles. The van der Waals surface area contributed by atoms with Gasteiger partial charge in [0.05, 0.1) is 4.75 Å². The zero-order valence-electron chi connectivity index (χ0n) is 5.97. The molecular formula is C6H12O2S. The second kappa shape index (κ2) is 2.62. The first-order valence-corrected chi connectivity index (χ1v) is 3.76. The SMILES string of the molecule is C=C(C)C(C)(C)S(=O)O. The zero-order chi connectivity index (χ0) is 7.65. The quantitative estimate of drug-likeness (QED) is 0.476.